The SMILES string of the molecule is C/C(=C\C(=O)Nc1cccc(Br)c1)C(=O)O. The average molecular weight is 284 g/mol. The van der Waals surface area contributed by atoms with Crippen LogP contribution < -0.4 is 5.32 Å². The highest BCUT2D eigenvalue weighted by atomic mass is 79.9. The molecule has 0 fully saturated rings. The number of carboxylic acids is 1. The minimum Gasteiger partial charge on any atom is -0.478 e. The van der Waals surface area contributed by atoms with Gasteiger partial charge in [0.15, 0.2) is 0 Å². The number of hydrogen-bond acceptors (Lipinski definition) is 2. The second kappa shape index (κ2) is 5.46. The molecule has 0 saturated heterocycles. The summed E-state index contributed by atoms with van der Waals surface area (Å²) in [4.78, 5) is 21.9. The lowest BCUT2D eigenvalue weighted by Gasteiger charge is -2.02. The van der Waals surface area contributed by atoms with Crippen LogP contribution in [0.2, 0.25) is 0 Å². The van der Waals surface area contributed by atoms with Gasteiger partial charge in [0.25, 0.3) is 0 Å². The lowest BCUT2D eigenvalue weighted by Crippen LogP contribution is -2.10. The topological polar surface area (TPSA) is 66.4 Å². The highest BCUT2D eigenvalue weighted by Gasteiger charge is 2.04. The van der Waals surface area contributed by atoms with Crippen LogP contribution in [-0.2, 0) is 9.59 Å². The van der Waals surface area contributed by atoms with E-state index in [1.165, 1.54) is 6.92 Å². The number of anilines is 1. The lowest BCUT2D eigenvalue weighted by atomic mass is 10.2. The van der Waals surface area contributed by atoms with E-state index in [1.54, 1.807) is 18.2 Å². The maximum absolute atomic E-state index is 11.4. The van der Waals surface area contributed by atoms with Gasteiger partial charge in [-0.25, -0.2) is 4.79 Å². The molecule has 0 radical (unpaired) electrons. The van der Waals surface area contributed by atoms with Crippen molar-refractivity contribution in [3.05, 3.63) is 40.4 Å². The van der Waals surface area contributed by atoms with Crippen molar-refractivity contribution in [2.75, 3.05) is 5.32 Å². The molecule has 0 aliphatic rings. The van der Waals surface area contributed by atoms with Crippen LogP contribution in [0.1, 0.15) is 6.92 Å². The second-order valence-corrected chi connectivity index (χ2v) is 4.05. The molecule has 0 heterocycles. The van der Waals surface area contributed by atoms with Gasteiger partial charge in [-0.3, -0.25) is 4.79 Å². The van der Waals surface area contributed by atoms with E-state index in [0.29, 0.717) is 5.69 Å². The fraction of sp³-hybridized carbons (Fsp3) is 0.0909. The molecule has 0 saturated carbocycles. The Morgan fingerprint density at radius 1 is 1.44 bits per heavy atom. The fourth-order valence-electron chi connectivity index (χ4n) is 1.00. The molecule has 84 valence electrons. The molecule has 0 unspecified atom stereocenters. The Morgan fingerprint density at radius 2 is 2.12 bits per heavy atom. The van der Waals surface area contributed by atoms with Gasteiger partial charge in [-0.2, -0.15) is 0 Å². The number of hydrogen-bond donors (Lipinski definition) is 2. The van der Waals surface area contributed by atoms with Gasteiger partial charge in [0.2, 0.25) is 5.91 Å². The van der Waals surface area contributed by atoms with Gasteiger partial charge >= 0.3 is 5.97 Å². The van der Waals surface area contributed by atoms with Crippen molar-refractivity contribution in [2.24, 2.45) is 0 Å². The molecular weight excluding hydrogens is 274 g/mol. The molecule has 1 aromatic carbocycles. The van der Waals surface area contributed by atoms with Crippen molar-refractivity contribution >= 4 is 33.5 Å². The summed E-state index contributed by atoms with van der Waals surface area (Å²) in [6, 6.07) is 7.04. The van der Waals surface area contributed by atoms with Crippen LogP contribution in [0.4, 0.5) is 5.69 Å². The first kappa shape index (κ1) is 12.4. The van der Waals surface area contributed by atoms with Crippen molar-refractivity contribution in [1.29, 1.82) is 0 Å². The van der Waals surface area contributed by atoms with Gasteiger partial charge < -0.3 is 10.4 Å². The molecule has 0 bridgehead atoms. The fourth-order valence-corrected chi connectivity index (χ4v) is 1.40. The van der Waals surface area contributed by atoms with E-state index in [4.69, 9.17) is 5.11 Å². The second-order valence-electron chi connectivity index (χ2n) is 3.13. The molecular formula is C11H10BrNO3. The number of halogens is 1. The number of carbonyl (C=O) groups is 2. The first-order chi connectivity index (χ1) is 7.49. The highest BCUT2D eigenvalue weighted by Crippen LogP contribution is 2.15. The number of benzene rings is 1. The maximum atomic E-state index is 11.4. The van der Waals surface area contributed by atoms with Crippen LogP contribution in [0.3, 0.4) is 0 Å². The summed E-state index contributed by atoms with van der Waals surface area (Å²) < 4.78 is 0.837. The lowest BCUT2D eigenvalue weighted by molar-refractivity contribution is -0.132. The predicted octanol–water partition coefficient (Wildman–Crippen LogP) is 2.42. The number of amides is 1. The molecule has 1 amide bonds. The summed E-state index contributed by atoms with van der Waals surface area (Å²) in [6.45, 7) is 1.36. The molecule has 0 aliphatic heterocycles. The third kappa shape index (κ3) is 3.86. The summed E-state index contributed by atoms with van der Waals surface area (Å²) in [5.74, 6) is -1.57. The van der Waals surface area contributed by atoms with Crippen LogP contribution in [0.15, 0.2) is 40.4 Å². The first-order valence-electron chi connectivity index (χ1n) is 4.47. The van der Waals surface area contributed by atoms with Crippen LogP contribution in [-0.4, -0.2) is 17.0 Å². The normalized spacial score (nSPS) is 11.0. The van der Waals surface area contributed by atoms with Gasteiger partial charge in [-0.15, -0.1) is 0 Å². The minimum absolute atomic E-state index is 0.00695. The standard InChI is InChI=1S/C11H10BrNO3/c1-7(11(15)16)5-10(14)13-9-4-2-3-8(12)6-9/h2-6H,1H3,(H,13,14)(H,15,16)/b7-5+. The Labute approximate surface area is 101 Å². The molecule has 5 heteroatoms. The Balaban J connectivity index is 2.72. The van der Waals surface area contributed by atoms with Crippen molar-refractivity contribution in [1.82, 2.24) is 0 Å². The van der Waals surface area contributed by atoms with Crippen molar-refractivity contribution in [2.45, 2.75) is 6.92 Å². The quantitative estimate of drug-likeness (QED) is 0.838. The van der Waals surface area contributed by atoms with Gasteiger partial charge in [0, 0.05) is 21.8 Å². The summed E-state index contributed by atoms with van der Waals surface area (Å²) in [5.41, 5.74) is 0.598. The molecule has 1 rings (SSSR count). The summed E-state index contributed by atoms with van der Waals surface area (Å²) >= 11 is 3.27. The average Bonchev–Trinajstić information content (AvgIpc) is 2.16. The van der Waals surface area contributed by atoms with E-state index in [9.17, 15) is 9.59 Å². The van der Waals surface area contributed by atoms with Crippen molar-refractivity contribution in [3.63, 3.8) is 0 Å². The smallest absolute Gasteiger partial charge is 0.331 e. The van der Waals surface area contributed by atoms with E-state index in [0.717, 1.165) is 10.5 Å². The zero-order chi connectivity index (χ0) is 12.1. The molecule has 16 heavy (non-hydrogen) atoms. The monoisotopic (exact) mass is 283 g/mol. The minimum atomic E-state index is -1.11. The largest absolute Gasteiger partial charge is 0.478 e. The van der Waals surface area contributed by atoms with E-state index in [2.05, 4.69) is 21.2 Å². The molecule has 0 aliphatic carbocycles. The number of nitrogens with one attached hydrogen (secondary N) is 1. The third-order valence-electron chi connectivity index (χ3n) is 1.78. The number of aliphatic carboxylic acids is 1. The number of carbonyl (C=O) groups excluding carboxylic acids is 1. The first-order valence-corrected chi connectivity index (χ1v) is 5.26. The Hall–Kier alpha value is -1.62. The van der Waals surface area contributed by atoms with Crippen molar-refractivity contribution < 1.29 is 14.7 Å². The van der Waals surface area contributed by atoms with E-state index in [-0.39, 0.29) is 5.57 Å². The summed E-state index contributed by atoms with van der Waals surface area (Å²) in [6.07, 6.45) is 1.04. The Morgan fingerprint density at radius 3 is 2.69 bits per heavy atom. The van der Waals surface area contributed by atoms with Gasteiger partial charge in [-0.05, 0) is 25.1 Å². The Kier molecular flexibility index (Phi) is 4.25. The molecule has 2 N–H and O–H groups in total. The Bertz CT molecular complexity index is 454. The van der Waals surface area contributed by atoms with Gasteiger partial charge in [0.05, 0.1) is 0 Å². The molecule has 0 atom stereocenters. The van der Waals surface area contributed by atoms with Crippen LogP contribution in [0, 0.1) is 0 Å². The van der Waals surface area contributed by atoms with E-state index in [1.807, 2.05) is 6.07 Å². The van der Waals surface area contributed by atoms with E-state index < -0.39 is 11.9 Å². The molecule has 1 aromatic rings. The molecule has 4 nitrogen and oxygen atoms in total. The summed E-state index contributed by atoms with van der Waals surface area (Å²) in [7, 11) is 0. The summed E-state index contributed by atoms with van der Waals surface area (Å²) in [5, 5.41) is 11.1. The number of carboxylic acid groups (broad SMARTS) is 1. The number of rotatable bonds is 3. The molecule has 0 aromatic heterocycles. The third-order valence-corrected chi connectivity index (χ3v) is 2.27. The van der Waals surface area contributed by atoms with Gasteiger partial charge in [-0.1, -0.05) is 22.0 Å². The zero-order valence-corrected chi connectivity index (χ0v) is 10.1. The van der Waals surface area contributed by atoms with Crippen LogP contribution >= 0.6 is 15.9 Å². The predicted molar refractivity (Wildman–Crippen MR) is 64.2 cm³/mol. The highest BCUT2D eigenvalue weighted by molar-refractivity contribution is 9.10. The van der Waals surface area contributed by atoms with Crippen LogP contribution in [0.25, 0.3) is 0 Å². The van der Waals surface area contributed by atoms with Crippen LogP contribution in [0.5, 0.6) is 0 Å². The van der Waals surface area contributed by atoms with Gasteiger partial charge in [0.1, 0.15) is 0 Å². The molecule has 0 spiro atoms. The maximum Gasteiger partial charge on any atom is 0.331 e. The zero-order valence-electron chi connectivity index (χ0n) is 8.53. The van der Waals surface area contributed by atoms with Crippen molar-refractivity contribution in [3.8, 4) is 0 Å². The van der Waals surface area contributed by atoms with E-state index >= 15 is 0 Å².